The molecule has 0 spiro atoms. The van der Waals surface area contributed by atoms with Crippen molar-refractivity contribution in [1.82, 2.24) is 9.97 Å². The summed E-state index contributed by atoms with van der Waals surface area (Å²) >= 11 is 0. The van der Waals surface area contributed by atoms with Gasteiger partial charge in [-0.1, -0.05) is 0 Å². The van der Waals surface area contributed by atoms with Crippen molar-refractivity contribution in [3.8, 4) is 11.8 Å². The van der Waals surface area contributed by atoms with E-state index in [2.05, 4.69) is 9.97 Å². The summed E-state index contributed by atoms with van der Waals surface area (Å²) in [5.74, 6) is -1.64. The summed E-state index contributed by atoms with van der Waals surface area (Å²) < 4.78 is 31.4. The number of hydrogen-bond acceptors (Lipinski definition) is 4. The molecule has 0 unspecified atom stereocenters. The predicted molar refractivity (Wildman–Crippen MR) is 59.1 cm³/mol. The zero-order chi connectivity index (χ0) is 13.1. The van der Waals surface area contributed by atoms with E-state index in [1.54, 1.807) is 13.0 Å². The van der Waals surface area contributed by atoms with Crippen molar-refractivity contribution in [2.24, 2.45) is 0 Å². The Kier molecular flexibility index (Phi) is 3.47. The van der Waals surface area contributed by atoms with Crippen molar-refractivity contribution >= 4 is 0 Å². The molecule has 1 N–H and O–H groups in total. The van der Waals surface area contributed by atoms with Gasteiger partial charge in [0.1, 0.15) is 5.82 Å². The quantitative estimate of drug-likeness (QED) is 0.911. The number of ether oxygens (including phenoxy) is 1. The molecule has 2 rings (SSSR count). The third kappa shape index (κ3) is 2.78. The topological polar surface area (TPSA) is 55.2 Å². The Balaban J connectivity index is 2.33. The first-order valence-corrected chi connectivity index (χ1v) is 5.17. The number of aromatic nitrogens is 2. The molecule has 0 bridgehead atoms. The number of aryl methyl sites for hydroxylation is 1. The molecule has 94 valence electrons. The number of aliphatic hydroxyl groups is 1. The van der Waals surface area contributed by atoms with Gasteiger partial charge in [0, 0.05) is 11.8 Å². The molecule has 1 aromatic heterocycles. The van der Waals surface area contributed by atoms with Gasteiger partial charge in [-0.25, -0.2) is 13.8 Å². The summed E-state index contributed by atoms with van der Waals surface area (Å²) in [7, 11) is 0. The molecule has 4 nitrogen and oxygen atoms in total. The normalized spacial score (nSPS) is 10.4. The molecule has 0 aliphatic carbocycles. The Morgan fingerprint density at radius 3 is 2.72 bits per heavy atom. The van der Waals surface area contributed by atoms with E-state index in [0.29, 0.717) is 11.4 Å². The number of nitrogens with zero attached hydrogens (tertiary/aromatic N) is 2. The van der Waals surface area contributed by atoms with Gasteiger partial charge in [0.2, 0.25) is 0 Å². The Labute approximate surface area is 102 Å². The zero-order valence-corrected chi connectivity index (χ0v) is 9.52. The molecule has 0 aliphatic rings. The first-order valence-electron chi connectivity index (χ1n) is 5.17. The second-order valence-corrected chi connectivity index (χ2v) is 3.62. The maximum Gasteiger partial charge on any atom is 0.322 e. The first-order chi connectivity index (χ1) is 8.58. The van der Waals surface area contributed by atoms with Gasteiger partial charge in [0.25, 0.3) is 0 Å². The highest BCUT2D eigenvalue weighted by Gasteiger charge is 2.09. The van der Waals surface area contributed by atoms with Gasteiger partial charge >= 0.3 is 6.01 Å². The lowest BCUT2D eigenvalue weighted by Gasteiger charge is -2.07. The lowest BCUT2D eigenvalue weighted by molar-refractivity contribution is 0.274. The van der Waals surface area contributed by atoms with Crippen molar-refractivity contribution in [3.63, 3.8) is 0 Å². The van der Waals surface area contributed by atoms with Crippen LogP contribution in [0.4, 0.5) is 8.78 Å². The molecule has 0 amide bonds. The summed E-state index contributed by atoms with van der Waals surface area (Å²) in [5.41, 5.74) is 0.898. The molecule has 6 heteroatoms. The fourth-order valence-electron chi connectivity index (χ4n) is 1.38. The molecule has 0 saturated carbocycles. The van der Waals surface area contributed by atoms with Crippen LogP contribution in [0.25, 0.3) is 0 Å². The first kappa shape index (κ1) is 12.4. The van der Waals surface area contributed by atoms with Gasteiger partial charge in [-0.05, 0) is 25.1 Å². The van der Waals surface area contributed by atoms with E-state index in [-0.39, 0.29) is 18.4 Å². The highest BCUT2D eigenvalue weighted by Crippen LogP contribution is 2.23. The van der Waals surface area contributed by atoms with E-state index in [4.69, 9.17) is 9.84 Å². The molecule has 1 aromatic carbocycles. The largest absolute Gasteiger partial charge is 0.421 e. The van der Waals surface area contributed by atoms with Crippen LogP contribution in [-0.4, -0.2) is 15.1 Å². The minimum Gasteiger partial charge on any atom is -0.421 e. The molecule has 18 heavy (non-hydrogen) atoms. The van der Waals surface area contributed by atoms with E-state index in [1.807, 2.05) is 0 Å². The average Bonchev–Trinajstić information content (AvgIpc) is 2.33. The minimum absolute atomic E-state index is 0.136. The van der Waals surface area contributed by atoms with Gasteiger partial charge in [0.15, 0.2) is 11.6 Å². The SMILES string of the molecule is Cc1cc(CO)nc(Oc2cc(F)ccc2F)n1. The fraction of sp³-hybridized carbons (Fsp3) is 0.167. The Morgan fingerprint density at radius 2 is 2.00 bits per heavy atom. The van der Waals surface area contributed by atoms with Crippen LogP contribution in [0.2, 0.25) is 0 Å². The van der Waals surface area contributed by atoms with Gasteiger partial charge in [0.05, 0.1) is 12.3 Å². The van der Waals surface area contributed by atoms with Crippen LogP contribution >= 0.6 is 0 Å². The number of hydrogen-bond donors (Lipinski definition) is 1. The lowest BCUT2D eigenvalue weighted by Crippen LogP contribution is -1.99. The molecule has 0 radical (unpaired) electrons. The van der Waals surface area contributed by atoms with Gasteiger partial charge in [-0.3, -0.25) is 0 Å². The fourth-order valence-corrected chi connectivity index (χ4v) is 1.38. The number of halogens is 2. The van der Waals surface area contributed by atoms with E-state index in [9.17, 15) is 8.78 Å². The van der Waals surface area contributed by atoms with Crippen molar-refractivity contribution in [1.29, 1.82) is 0 Å². The zero-order valence-electron chi connectivity index (χ0n) is 9.52. The van der Waals surface area contributed by atoms with Crippen molar-refractivity contribution in [2.45, 2.75) is 13.5 Å². The van der Waals surface area contributed by atoms with Crippen LogP contribution in [0.1, 0.15) is 11.4 Å². The molecular formula is C12H10F2N2O2. The monoisotopic (exact) mass is 252 g/mol. The summed E-state index contributed by atoms with van der Waals surface area (Å²) in [4.78, 5) is 7.76. The lowest BCUT2D eigenvalue weighted by atomic mass is 10.3. The van der Waals surface area contributed by atoms with Gasteiger partial charge < -0.3 is 9.84 Å². The van der Waals surface area contributed by atoms with Crippen LogP contribution in [0.3, 0.4) is 0 Å². The highest BCUT2D eigenvalue weighted by molar-refractivity contribution is 5.28. The molecule has 1 heterocycles. The van der Waals surface area contributed by atoms with Crippen molar-refractivity contribution in [2.75, 3.05) is 0 Å². The van der Waals surface area contributed by atoms with Crippen molar-refractivity contribution in [3.05, 3.63) is 47.3 Å². The van der Waals surface area contributed by atoms with Crippen LogP contribution < -0.4 is 4.74 Å². The van der Waals surface area contributed by atoms with E-state index >= 15 is 0 Å². The van der Waals surface area contributed by atoms with Gasteiger partial charge in [-0.15, -0.1) is 0 Å². The highest BCUT2D eigenvalue weighted by atomic mass is 19.1. The number of benzene rings is 1. The molecule has 2 aromatic rings. The van der Waals surface area contributed by atoms with Crippen LogP contribution in [-0.2, 0) is 6.61 Å². The third-order valence-corrected chi connectivity index (χ3v) is 2.14. The Morgan fingerprint density at radius 1 is 1.22 bits per heavy atom. The summed E-state index contributed by atoms with van der Waals surface area (Å²) in [5, 5.41) is 8.97. The van der Waals surface area contributed by atoms with E-state index < -0.39 is 11.6 Å². The summed E-state index contributed by atoms with van der Waals surface area (Å²) in [6.45, 7) is 1.39. The predicted octanol–water partition coefficient (Wildman–Crippen LogP) is 2.35. The minimum atomic E-state index is -0.716. The summed E-state index contributed by atoms with van der Waals surface area (Å²) in [6, 6.07) is 4.27. The Hall–Kier alpha value is -2.08. The summed E-state index contributed by atoms with van der Waals surface area (Å²) in [6.07, 6.45) is 0. The molecule has 0 fully saturated rings. The smallest absolute Gasteiger partial charge is 0.322 e. The number of aliphatic hydroxyl groups excluding tert-OH is 1. The second-order valence-electron chi connectivity index (χ2n) is 3.62. The maximum atomic E-state index is 13.3. The van der Waals surface area contributed by atoms with E-state index in [1.165, 1.54) is 0 Å². The van der Waals surface area contributed by atoms with Crippen molar-refractivity contribution < 1.29 is 18.6 Å². The second kappa shape index (κ2) is 5.05. The molecular weight excluding hydrogens is 242 g/mol. The number of rotatable bonds is 3. The third-order valence-electron chi connectivity index (χ3n) is 2.14. The average molecular weight is 252 g/mol. The van der Waals surface area contributed by atoms with Gasteiger partial charge in [-0.2, -0.15) is 4.98 Å². The van der Waals surface area contributed by atoms with Crippen LogP contribution in [0, 0.1) is 18.6 Å². The van der Waals surface area contributed by atoms with Crippen LogP contribution in [0.5, 0.6) is 11.8 Å². The van der Waals surface area contributed by atoms with Crippen LogP contribution in [0.15, 0.2) is 24.3 Å². The van der Waals surface area contributed by atoms with E-state index in [0.717, 1.165) is 18.2 Å². The molecule has 0 aliphatic heterocycles. The Bertz CT molecular complexity index is 576. The maximum absolute atomic E-state index is 13.3. The molecule has 0 atom stereocenters. The molecule has 0 saturated heterocycles. The standard InChI is InChI=1S/C12H10F2N2O2/c1-7-4-9(6-17)16-12(15-7)18-11-5-8(13)2-3-10(11)14/h2-5,17H,6H2,1H3.